The van der Waals surface area contributed by atoms with Crippen LogP contribution in [0.2, 0.25) is 5.28 Å². The molecule has 2 rings (SSSR count). The van der Waals surface area contributed by atoms with Crippen LogP contribution in [0.5, 0.6) is 0 Å². The molecule has 0 bridgehead atoms. The van der Waals surface area contributed by atoms with E-state index in [0.717, 1.165) is 6.20 Å². The molecule has 0 N–H and O–H groups in total. The molecule has 2 heterocycles. The Morgan fingerprint density at radius 3 is 2.15 bits per heavy atom. The molecule has 11 heteroatoms. The summed E-state index contributed by atoms with van der Waals surface area (Å²) in [5, 5.41) is -1.90. The lowest BCUT2D eigenvalue weighted by Crippen LogP contribution is -2.09. The highest BCUT2D eigenvalue weighted by atomic mass is 35.5. The molecule has 0 amide bonds. The van der Waals surface area contributed by atoms with E-state index in [1.165, 1.54) is 0 Å². The minimum atomic E-state index is -4.78. The average Bonchev–Trinajstić information content (AvgIpc) is 2.75. The summed E-state index contributed by atoms with van der Waals surface area (Å²) in [4.78, 5) is 9.35. The van der Waals surface area contributed by atoms with Crippen LogP contribution >= 0.6 is 22.9 Å². The summed E-state index contributed by atoms with van der Waals surface area (Å²) < 4.78 is 74.7. The van der Waals surface area contributed by atoms with Gasteiger partial charge in [-0.1, -0.05) is 0 Å². The van der Waals surface area contributed by atoms with Crippen molar-refractivity contribution < 1.29 is 26.3 Å². The lowest BCUT2D eigenvalue weighted by atomic mass is 10.3. The zero-order chi connectivity index (χ0) is 15.1. The Balaban J connectivity index is 2.48. The third-order valence-electron chi connectivity index (χ3n) is 1.99. The minimum Gasteiger partial charge on any atom is -0.240 e. The van der Waals surface area contributed by atoms with E-state index in [4.69, 9.17) is 11.6 Å². The Morgan fingerprint density at radius 2 is 1.65 bits per heavy atom. The molecular weight excluding hydrogens is 332 g/mol. The molecule has 0 aliphatic rings. The van der Waals surface area contributed by atoms with Crippen molar-refractivity contribution in [2.45, 2.75) is 12.4 Å². The Morgan fingerprint density at radius 1 is 1.00 bits per heavy atom. The summed E-state index contributed by atoms with van der Waals surface area (Å²) in [6.45, 7) is 0. The zero-order valence-electron chi connectivity index (χ0n) is 9.05. The molecule has 0 aromatic carbocycles. The van der Waals surface area contributed by atoms with Gasteiger partial charge in [-0.2, -0.15) is 26.3 Å². The number of halogens is 7. The first-order valence-corrected chi connectivity index (χ1v) is 5.92. The van der Waals surface area contributed by atoms with E-state index in [1.807, 2.05) is 0 Å². The first-order valence-electron chi connectivity index (χ1n) is 4.72. The number of thiazole rings is 1. The van der Waals surface area contributed by atoms with Crippen LogP contribution < -0.4 is 0 Å². The second-order valence-electron chi connectivity index (χ2n) is 3.43. The second kappa shape index (κ2) is 4.85. The van der Waals surface area contributed by atoms with E-state index in [9.17, 15) is 26.3 Å². The van der Waals surface area contributed by atoms with Gasteiger partial charge in [0.2, 0.25) is 5.28 Å². The molecule has 2 aromatic rings. The maximum Gasteiger partial charge on any atom is 0.443 e. The highest BCUT2D eigenvalue weighted by Gasteiger charge is 2.36. The number of rotatable bonds is 1. The largest absolute Gasteiger partial charge is 0.443 e. The van der Waals surface area contributed by atoms with Crippen molar-refractivity contribution in [3.8, 4) is 10.6 Å². The predicted molar refractivity (Wildman–Crippen MR) is 58.2 cm³/mol. The molecule has 0 saturated heterocycles. The van der Waals surface area contributed by atoms with Crippen LogP contribution in [-0.2, 0) is 12.4 Å². The van der Waals surface area contributed by atoms with Crippen molar-refractivity contribution in [3.05, 3.63) is 28.2 Å². The Kier molecular flexibility index (Phi) is 3.63. The molecule has 0 saturated carbocycles. The van der Waals surface area contributed by atoms with Crippen molar-refractivity contribution in [3.63, 3.8) is 0 Å². The second-order valence-corrected chi connectivity index (χ2v) is 4.80. The third-order valence-corrected chi connectivity index (χ3v) is 3.22. The molecule has 3 nitrogen and oxygen atoms in total. The summed E-state index contributed by atoms with van der Waals surface area (Å²) in [7, 11) is 0. The predicted octanol–water partition coefficient (Wildman–Crippen LogP) is 4.29. The summed E-state index contributed by atoms with van der Waals surface area (Å²) in [5.41, 5.74) is -1.71. The van der Waals surface area contributed by atoms with Crippen LogP contribution in [0.1, 0.15) is 10.7 Å². The van der Waals surface area contributed by atoms with Crippen LogP contribution in [-0.4, -0.2) is 15.0 Å². The highest BCUT2D eigenvalue weighted by molar-refractivity contribution is 7.15. The SMILES string of the molecule is FC(F)(F)c1cc(-c2cnc(C(F)(F)F)s2)nc(Cl)n1. The maximum absolute atomic E-state index is 12.5. The van der Waals surface area contributed by atoms with Gasteiger partial charge in [-0.05, 0) is 17.7 Å². The molecular formula is C9H2ClF6N3S. The van der Waals surface area contributed by atoms with Gasteiger partial charge in [0.05, 0.1) is 10.6 Å². The molecule has 0 fully saturated rings. The van der Waals surface area contributed by atoms with Crippen LogP contribution in [0, 0.1) is 0 Å². The molecule has 2 aromatic heterocycles. The summed E-state index contributed by atoms with van der Waals surface area (Å²) in [6.07, 6.45) is -8.67. The van der Waals surface area contributed by atoms with Crippen LogP contribution in [0.4, 0.5) is 26.3 Å². The number of nitrogens with zero attached hydrogens (tertiary/aromatic N) is 3. The molecule has 0 radical (unpaired) electrons. The van der Waals surface area contributed by atoms with Gasteiger partial charge in [0.1, 0.15) is 5.69 Å². The van der Waals surface area contributed by atoms with Crippen molar-refractivity contribution in [1.29, 1.82) is 0 Å². The monoisotopic (exact) mass is 333 g/mol. The van der Waals surface area contributed by atoms with Gasteiger partial charge >= 0.3 is 12.4 Å². The lowest BCUT2D eigenvalue weighted by molar-refractivity contribution is -0.141. The van der Waals surface area contributed by atoms with Gasteiger partial charge in [0.25, 0.3) is 0 Å². The summed E-state index contributed by atoms with van der Waals surface area (Å²) in [5.74, 6) is 0. The van der Waals surface area contributed by atoms with E-state index >= 15 is 0 Å². The molecule has 0 unspecified atom stereocenters. The Hall–Kier alpha value is -1.42. The van der Waals surface area contributed by atoms with E-state index in [0.29, 0.717) is 6.07 Å². The van der Waals surface area contributed by atoms with Crippen LogP contribution in [0.25, 0.3) is 10.6 Å². The van der Waals surface area contributed by atoms with Gasteiger partial charge in [-0.25, -0.2) is 15.0 Å². The van der Waals surface area contributed by atoms with Gasteiger partial charge < -0.3 is 0 Å². The smallest absolute Gasteiger partial charge is 0.240 e. The highest BCUT2D eigenvalue weighted by Crippen LogP contribution is 2.37. The lowest BCUT2D eigenvalue weighted by Gasteiger charge is -2.06. The average molecular weight is 334 g/mol. The molecule has 20 heavy (non-hydrogen) atoms. The fraction of sp³-hybridized carbons (Fsp3) is 0.222. The number of aromatic nitrogens is 3. The van der Waals surface area contributed by atoms with Crippen LogP contribution in [0.15, 0.2) is 12.3 Å². The fourth-order valence-corrected chi connectivity index (χ4v) is 2.14. The number of alkyl halides is 6. The maximum atomic E-state index is 12.5. The first-order chi connectivity index (χ1) is 9.07. The van der Waals surface area contributed by atoms with Crippen molar-refractivity contribution in [2.75, 3.05) is 0 Å². The molecule has 0 aliphatic heterocycles. The Bertz CT molecular complexity index is 635. The van der Waals surface area contributed by atoms with Gasteiger partial charge in [-0.3, -0.25) is 0 Å². The van der Waals surface area contributed by atoms with E-state index in [-0.39, 0.29) is 21.9 Å². The van der Waals surface area contributed by atoms with Crippen LogP contribution in [0.3, 0.4) is 0 Å². The quantitative estimate of drug-likeness (QED) is 0.577. The van der Waals surface area contributed by atoms with Gasteiger partial charge in [0, 0.05) is 6.20 Å². The number of hydrogen-bond acceptors (Lipinski definition) is 4. The minimum absolute atomic E-state index is 0.169. The van der Waals surface area contributed by atoms with Gasteiger partial charge in [0.15, 0.2) is 5.01 Å². The molecule has 0 spiro atoms. The fourth-order valence-electron chi connectivity index (χ4n) is 1.21. The van der Waals surface area contributed by atoms with Crippen molar-refractivity contribution in [1.82, 2.24) is 15.0 Å². The topological polar surface area (TPSA) is 38.7 Å². The van der Waals surface area contributed by atoms with Crippen molar-refractivity contribution >= 4 is 22.9 Å². The summed E-state index contributed by atoms with van der Waals surface area (Å²) in [6, 6.07) is 0.513. The normalized spacial score (nSPS) is 12.8. The molecule has 0 aliphatic carbocycles. The molecule has 108 valence electrons. The van der Waals surface area contributed by atoms with Crippen molar-refractivity contribution in [2.24, 2.45) is 0 Å². The molecule has 0 atom stereocenters. The Labute approximate surface area is 116 Å². The third kappa shape index (κ3) is 3.18. The standard InChI is InChI=1S/C9H2ClF6N3S/c10-7-18-3(1-5(19-7)8(11,12)13)4-2-17-6(20-4)9(14,15)16/h1-2H. The van der Waals surface area contributed by atoms with Gasteiger partial charge in [-0.15, -0.1) is 11.3 Å². The zero-order valence-corrected chi connectivity index (χ0v) is 10.6. The van der Waals surface area contributed by atoms with E-state index in [1.54, 1.807) is 0 Å². The number of hydrogen-bond donors (Lipinski definition) is 0. The summed E-state index contributed by atoms with van der Waals surface area (Å²) >= 11 is 5.51. The van der Waals surface area contributed by atoms with E-state index < -0.39 is 28.3 Å². The van der Waals surface area contributed by atoms with E-state index in [2.05, 4.69) is 15.0 Å². The first kappa shape index (κ1) is 15.0.